The summed E-state index contributed by atoms with van der Waals surface area (Å²) < 4.78 is 49.6. The molecule has 0 heterocycles. The van der Waals surface area contributed by atoms with Gasteiger partial charge in [0.1, 0.15) is 24.2 Å². The maximum absolute atomic E-state index is 14.7. The van der Waals surface area contributed by atoms with E-state index in [1.165, 1.54) is 47.0 Å². The molecule has 3 aromatic carbocycles. The van der Waals surface area contributed by atoms with Gasteiger partial charge in [0.15, 0.2) is 0 Å². The van der Waals surface area contributed by atoms with Crippen LogP contribution >= 0.6 is 11.8 Å². The molecule has 0 bridgehead atoms. The highest BCUT2D eigenvalue weighted by Gasteiger charge is 2.34. The van der Waals surface area contributed by atoms with Crippen molar-refractivity contribution in [3.63, 3.8) is 0 Å². The number of halogens is 1. The molecule has 0 aliphatic carbocycles. The monoisotopic (exact) mass is 615 g/mol. The number of nitrogens with one attached hydrogen (secondary N) is 1. The Morgan fingerprint density at radius 2 is 1.62 bits per heavy atom. The normalized spacial score (nSPS) is 12.7. The zero-order valence-corrected chi connectivity index (χ0v) is 26.2. The predicted octanol–water partition coefficient (Wildman–Crippen LogP) is 5.47. The quantitative estimate of drug-likeness (QED) is 0.242. The molecule has 2 atom stereocenters. The lowest BCUT2D eigenvalue weighted by molar-refractivity contribution is -0.139. The van der Waals surface area contributed by atoms with Crippen molar-refractivity contribution in [2.75, 3.05) is 23.7 Å². The van der Waals surface area contributed by atoms with Crippen LogP contribution in [-0.2, 0) is 26.2 Å². The number of nitrogens with zero attached hydrogens (tertiary/aromatic N) is 2. The molecule has 11 heteroatoms. The van der Waals surface area contributed by atoms with Gasteiger partial charge < -0.3 is 15.0 Å². The fourth-order valence-corrected chi connectivity index (χ4v) is 6.02. The minimum atomic E-state index is -4.28. The van der Waals surface area contributed by atoms with E-state index in [-0.39, 0.29) is 41.1 Å². The second-order valence-corrected chi connectivity index (χ2v) is 12.4. The van der Waals surface area contributed by atoms with Crippen LogP contribution in [0.5, 0.6) is 5.75 Å². The van der Waals surface area contributed by atoms with Crippen molar-refractivity contribution in [3.05, 3.63) is 84.2 Å². The molecule has 2 amide bonds. The Morgan fingerprint density at radius 1 is 0.976 bits per heavy atom. The average Bonchev–Trinajstić information content (AvgIpc) is 2.99. The van der Waals surface area contributed by atoms with Gasteiger partial charge in [0, 0.05) is 23.0 Å². The molecule has 0 saturated heterocycles. The molecule has 8 nitrogen and oxygen atoms in total. The summed E-state index contributed by atoms with van der Waals surface area (Å²) in [7, 11) is -4.28. The van der Waals surface area contributed by atoms with E-state index >= 15 is 0 Å². The molecule has 0 radical (unpaired) electrons. The van der Waals surface area contributed by atoms with Gasteiger partial charge in [0.2, 0.25) is 11.8 Å². The fraction of sp³-hybridized carbons (Fsp3) is 0.355. The summed E-state index contributed by atoms with van der Waals surface area (Å²) in [5, 5.41) is 2.86. The van der Waals surface area contributed by atoms with Gasteiger partial charge in [-0.3, -0.25) is 13.9 Å². The lowest BCUT2D eigenvalue weighted by Crippen LogP contribution is -2.52. The van der Waals surface area contributed by atoms with Gasteiger partial charge in [0.05, 0.1) is 17.2 Å². The second-order valence-electron chi connectivity index (χ2n) is 9.69. The third-order valence-electron chi connectivity index (χ3n) is 6.83. The summed E-state index contributed by atoms with van der Waals surface area (Å²) in [6.07, 6.45) is 2.56. The molecule has 42 heavy (non-hydrogen) atoms. The molecule has 226 valence electrons. The van der Waals surface area contributed by atoms with Crippen LogP contribution in [0.15, 0.2) is 82.6 Å². The Balaban J connectivity index is 2.09. The van der Waals surface area contributed by atoms with E-state index in [4.69, 9.17) is 4.74 Å². The summed E-state index contributed by atoms with van der Waals surface area (Å²) in [5.41, 5.74) is 0.370. The van der Waals surface area contributed by atoms with E-state index in [1.807, 2.05) is 20.1 Å². The molecule has 0 unspecified atom stereocenters. The number of benzene rings is 3. The number of anilines is 1. The van der Waals surface area contributed by atoms with Crippen LogP contribution in [0.4, 0.5) is 10.1 Å². The lowest BCUT2D eigenvalue weighted by Gasteiger charge is -2.33. The Labute approximate surface area is 252 Å². The standard InChI is InChI=1S/C31H38FN3O5S2/c1-6-22(3)33-31(37)23(4)34(20-24-12-8-9-13-27(24)32)30(36)21-35(28-14-10-11-15-29(28)40-7-2)42(38,39)26-18-16-25(41-5)17-19-26/h8-19,22-23H,6-7,20-21H2,1-5H3,(H,33,37)/t22-,23+/m0/s1. The first-order valence-corrected chi connectivity index (χ1v) is 16.4. The molecule has 1 N–H and O–H groups in total. The van der Waals surface area contributed by atoms with Crippen molar-refractivity contribution < 1.29 is 27.1 Å². The number of rotatable bonds is 14. The van der Waals surface area contributed by atoms with E-state index in [0.717, 1.165) is 9.20 Å². The van der Waals surface area contributed by atoms with Gasteiger partial charge in [-0.1, -0.05) is 37.3 Å². The maximum atomic E-state index is 14.7. The number of para-hydroxylation sites is 2. The van der Waals surface area contributed by atoms with Crippen LogP contribution in [0.2, 0.25) is 0 Å². The van der Waals surface area contributed by atoms with Crippen molar-refractivity contribution in [1.29, 1.82) is 0 Å². The summed E-state index contributed by atoms with van der Waals surface area (Å²) in [4.78, 5) is 29.3. The number of ether oxygens (including phenoxy) is 1. The first-order chi connectivity index (χ1) is 20.0. The Hall–Kier alpha value is -3.57. The number of carbonyl (C=O) groups is 2. The molecule has 0 aromatic heterocycles. The minimum absolute atomic E-state index is 0.0115. The highest BCUT2D eigenvalue weighted by molar-refractivity contribution is 7.98. The van der Waals surface area contributed by atoms with Crippen LogP contribution in [-0.4, -0.2) is 56.6 Å². The summed E-state index contributed by atoms with van der Waals surface area (Å²) in [5.74, 6) is -1.36. The summed E-state index contributed by atoms with van der Waals surface area (Å²) in [6, 6.07) is 17.7. The van der Waals surface area contributed by atoms with E-state index < -0.39 is 40.2 Å². The Kier molecular flexibility index (Phi) is 11.8. The zero-order valence-electron chi connectivity index (χ0n) is 24.5. The van der Waals surface area contributed by atoms with Crippen LogP contribution in [0.1, 0.15) is 39.7 Å². The Morgan fingerprint density at radius 3 is 2.24 bits per heavy atom. The number of carbonyl (C=O) groups excluding carboxylic acids is 2. The number of sulfonamides is 1. The molecule has 0 fully saturated rings. The van der Waals surface area contributed by atoms with E-state index in [9.17, 15) is 22.4 Å². The van der Waals surface area contributed by atoms with Gasteiger partial charge in [0.25, 0.3) is 10.0 Å². The van der Waals surface area contributed by atoms with Crippen molar-refractivity contribution in [3.8, 4) is 5.75 Å². The van der Waals surface area contributed by atoms with E-state index in [0.29, 0.717) is 6.42 Å². The summed E-state index contributed by atoms with van der Waals surface area (Å²) in [6.45, 7) is 6.47. The van der Waals surface area contributed by atoms with E-state index in [1.54, 1.807) is 56.3 Å². The smallest absolute Gasteiger partial charge is 0.264 e. The molecular formula is C31H38FN3O5S2. The number of hydrogen-bond donors (Lipinski definition) is 1. The first kappa shape index (κ1) is 32.9. The minimum Gasteiger partial charge on any atom is -0.492 e. The zero-order chi connectivity index (χ0) is 30.9. The van der Waals surface area contributed by atoms with Crippen LogP contribution in [0, 0.1) is 5.82 Å². The van der Waals surface area contributed by atoms with Crippen molar-refractivity contribution in [1.82, 2.24) is 10.2 Å². The number of thioether (sulfide) groups is 1. The maximum Gasteiger partial charge on any atom is 0.264 e. The molecule has 0 aliphatic heterocycles. The third-order valence-corrected chi connectivity index (χ3v) is 9.34. The van der Waals surface area contributed by atoms with Gasteiger partial charge in [-0.25, -0.2) is 12.8 Å². The first-order valence-electron chi connectivity index (χ1n) is 13.7. The molecule has 0 saturated carbocycles. The highest BCUT2D eigenvalue weighted by Crippen LogP contribution is 2.33. The SMILES string of the molecule is CCOc1ccccc1N(CC(=O)N(Cc1ccccc1F)[C@H](C)C(=O)N[C@@H](C)CC)S(=O)(=O)c1ccc(SC)cc1. The highest BCUT2D eigenvalue weighted by atomic mass is 32.2. The van der Waals surface area contributed by atoms with Crippen LogP contribution in [0.3, 0.4) is 0 Å². The molecule has 3 aromatic rings. The van der Waals surface area contributed by atoms with Crippen molar-refractivity contribution >= 4 is 39.3 Å². The third kappa shape index (κ3) is 8.04. The summed E-state index contributed by atoms with van der Waals surface area (Å²) >= 11 is 1.47. The van der Waals surface area contributed by atoms with Gasteiger partial charge in [-0.05, 0) is 75.9 Å². The second kappa shape index (κ2) is 15.1. The molecule has 0 spiro atoms. The number of hydrogen-bond acceptors (Lipinski definition) is 6. The van der Waals surface area contributed by atoms with E-state index in [2.05, 4.69) is 5.32 Å². The van der Waals surface area contributed by atoms with Gasteiger partial charge >= 0.3 is 0 Å². The molecule has 0 aliphatic rings. The predicted molar refractivity (Wildman–Crippen MR) is 165 cm³/mol. The van der Waals surface area contributed by atoms with Crippen LogP contribution in [0.25, 0.3) is 0 Å². The largest absolute Gasteiger partial charge is 0.492 e. The molecular weight excluding hydrogens is 577 g/mol. The van der Waals surface area contributed by atoms with Gasteiger partial charge in [-0.15, -0.1) is 11.8 Å². The van der Waals surface area contributed by atoms with Crippen molar-refractivity contribution in [2.45, 2.75) is 62.5 Å². The topological polar surface area (TPSA) is 96.0 Å². The Bertz CT molecular complexity index is 1470. The lowest BCUT2D eigenvalue weighted by atomic mass is 10.1. The van der Waals surface area contributed by atoms with Gasteiger partial charge in [-0.2, -0.15) is 0 Å². The average molecular weight is 616 g/mol. The number of amides is 2. The van der Waals surface area contributed by atoms with Crippen molar-refractivity contribution in [2.24, 2.45) is 0 Å². The fourth-order valence-electron chi connectivity index (χ4n) is 4.19. The molecule has 3 rings (SSSR count). The van der Waals surface area contributed by atoms with Crippen LogP contribution < -0.4 is 14.4 Å².